The average molecular weight is 367 g/mol. The highest BCUT2D eigenvalue weighted by Crippen LogP contribution is 2.40. The van der Waals surface area contributed by atoms with Crippen LogP contribution < -0.4 is 10.6 Å². The van der Waals surface area contributed by atoms with Crippen LogP contribution in [-0.4, -0.2) is 11.8 Å². The average Bonchev–Trinajstić information content (AvgIpc) is 3.32. The van der Waals surface area contributed by atoms with Gasteiger partial charge in [-0.25, -0.2) is 4.39 Å². The van der Waals surface area contributed by atoms with Gasteiger partial charge in [-0.1, -0.05) is 29.3 Å². The largest absolute Gasteiger partial charge is 0.326 e. The third-order valence-corrected chi connectivity index (χ3v) is 4.48. The van der Waals surface area contributed by atoms with Crippen molar-refractivity contribution >= 4 is 46.4 Å². The van der Waals surface area contributed by atoms with E-state index in [4.69, 9.17) is 23.2 Å². The van der Waals surface area contributed by atoms with Gasteiger partial charge in [0.15, 0.2) is 0 Å². The monoisotopic (exact) mass is 366 g/mol. The molecule has 4 nitrogen and oxygen atoms in total. The Morgan fingerprint density at radius 2 is 1.54 bits per heavy atom. The Morgan fingerprint density at radius 3 is 2.12 bits per heavy atom. The maximum Gasteiger partial charge on any atom is 0.228 e. The highest BCUT2D eigenvalue weighted by atomic mass is 35.5. The SMILES string of the molecule is O=C(Nc1cccc(F)c1)C1CC1C(=O)Nc1ccc(Cl)c(Cl)c1. The first kappa shape index (κ1) is 16.7. The fourth-order valence-corrected chi connectivity index (χ4v) is 2.68. The van der Waals surface area contributed by atoms with Crippen LogP contribution in [0.4, 0.5) is 15.8 Å². The molecule has 2 N–H and O–H groups in total. The molecule has 1 aliphatic carbocycles. The van der Waals surface area contributed by atoms with Crippen molar-refractivity contribution < 1.29 is 14.0 Å². The van der Waals surface area contributed by atoms with E-state index in [1.165, 1.54) is 18.2 Å². The summed E-state index contributed by atoms with van der Waals surface area (Å²) in [5.74, 6) is -1.82. The fourth-order valence-electron chi connectivity index (χ4n) is 2.38. The van der Waals surface area contributed by atoms with Crippen molar-refractivity contribution in [3.05, 3.63) is 58.3 Å². The van der Waals surface area contributed by atoms with E-state index < -0.39 is 17.7 Å². The second kappa shape index (κ2) is 6.79. The van der Waals surface area contributed by atoms with Gasteiger partial charge >= 0.3 is 0 Å². The highest BCUT2D eigenvalue weighted by molar-refractivity contribution is 6.42. The molecule has 1 saturated carbocycles. The zero-order valence-electron chi connectivity index (χ0n) is 12.4. The number of halogens is 3. The molecule has 1 aliphatic rings. The van der Waals surface area contributed by atoms with Crippen molar-refractivity contribution in [2.45, 2.75) is 6.42 Å². The molecular weight excluding hydrogens is 354 g/mol. The molecule has 0 bridgehead atoms. The van der Waals surface area contributed by atoms with E-state index in [2.05, 4.69) is 10.6 Å². The van der Waals surface area contributed by atoms with Crippen molar-refractivity contribution in [1.82, 2.24) is 0 Å². The van der Waals surface area contributed by atoms with E-state index in [-0.39, 0.29) is 11.8 Å². The smallest absolute Gasteiger partial charge is 0.228 e. The minimum Gasteiger partial charge on any atom is -0.326 e. The van der Waals surface area contributed by atoms with Crippen LogP contribution in [0.5, 0.6) is 0 Å². The van der Waals surface area contributed by atoms with Crippen LogP contribution in [0.2, 0.25) is 10.0 Å². The van der Waals surface area contributed by atoms with Gasteiger partial charge in [0.25, 0.3) is 0 Å². The first-order valence-electron chi connectivity index (χ1n) is 7.26. The van der Waals surface area contributed by atoms with Crippen LogP contribution in [0, 0.1) is 17.7 Å². The number of benzene rings is 2. The van der Waals surface area contributed by atoms with Gasteiger partial charge in [-0.2, -0.15) is 0 Å². The lowest BCUT2D eigenvalue weighted by molar-refractivity contribution is -0.122. The molecule has 0 heterocycles. The third kappa shape index (κ3) is 3.86. The number of anilines is 2. The van der Waals surface area contributed by atoms with E-state index in [9.17, 15) is 14.0 Å². The van der Waals surface area contributed by atoms with Gasteiger partial charge in [0.05, 0.1) is 21.9 Å². The van der Waals surface area contributed by atoms with Gasteiger partial charge in [0.1, 0.15) is 5.82 Å². The normalized spacial score (nSPS) is 18.8. The second-order valence-corrected chi connectivity index (χ2v) is 6.38. The maximum atomic E-state index is 13.1. The van der Waals surface area contributed by atoms with Crippen molar-refractivity contribution in [1.29, 1.82) is 0 Å². The molecular formula is C17H13Cl2FN2O2. The molecule has 24 heavy (non-hydrogen) atoms. The molecule has 2 aromatic carbocycles. The van der Waals surface area contributed by atoms with Gasteiger partial charge < -0.3 is 10.6 Å². The van der Waals surface area contributed by atoms with Crippen LogP contribution in [0.1, 0.15) is 6.42 Å². The van der Waals surface area contributed by atoms with Gasteiger partial charge in [-0.15, -0.1) is 0 Å². The molecule has 7 heteroatoms. The summed E-state index contributed by atoms with van der Waals surface area (Å²) in [6.07, 6.45) is 0.453. The summed E-state index contributed by atoms with van der Waals surface area (Å²) in [5, 5.41) is 6.06. The summed E-state index contributed by atoms with van der Waals surface area (Å²) >= 11 is 11.7. The van der Waals surface area contributed by atoms with Gasteiger partial charge in [-0.05, 0) is 42.8 Å². The fraction of sp³-hybridized carbons (Fsp3) is 0.176. The van der Waals surface area contributed by atoms with Crippen molar-refractivity contribution in [2.24, 2.45) is 11.8 Å². The van der Waals surface area contributed by atoms with Crippen LogP contribution >= 0.6 is 23.2 Å². The summed E-state index contributed by atoms with van der Waals surface area (Å²) in [6, 6.07) is 10.4. The van der Waals surface area contributed by atoms with E-state index >= 15 is 0 Å². The Kier molecular flexibility index (Phi) is 4.73. The van der Waals surface area contributed by atoms with E-state index in [0.717, 1.165) is 0 Å². The summed E-state index contributed by atoms with van der Waals surface area (Å²) in [4.78, 5) is 24.3. The molecule has 124 valence electrons. The van der Waals surface area contributed by atoms with Crippen LogP contribution in [0.15, 0.2) is 42.5 Å². The maximum absolute atomic E-state index is 13.1. The number of nitrogens with one attached hydrogen (secondary N) is 2. The number of rotatable bonds is 4. The second-order valence-electron chi connectivity index (χ2n) is 5.57. The van der Waals surface area contributed by atoms with Gasteiger partial charge in [0.2, 0.25) is 11.8 Å². The Labute approximate surface area is 148 Å². The lowest BCUT2D eigenvalue weighted by atomic mass is 10.2. The highest BCUT2D eigenvalue weighted by Gasteiger charge is 2.48. The Bertz CT molecular complexity index is 813. The van der Waals surface area contributed by atoms with Crippen molar-refractivity contribution in [2.75, 3.05) is 10.6 Å². The minimum atomic E-state index is -0.433. The standard InChI is InChI=1S/C17H13Cl2FN2O2/c18-14-5-4-11(7-15(14)19)22-17(24)13-8-12(13)16(23)21-10-3-1-2-9(20)6-10/h1-7,12-13H,8H2,(H,21,23)(H,22,24). The van der Waals surface area contributed by atoms with Crippen LogP contribution in [0.25, 0.3) is 0 Å². The Hall–Kier alpha value is -2.11. The van der Waals surface area contributed by atoms with Gasteiger partial charge in [0, 0.05) is 11.4 Å². The molecule has 0 aromatic heterocycles. The topological polar surface area (TPSA) is 58.2 Å². The number of carbonyl (C=O) groups excluding carboxylic acids is 2. The first-order valence-corrected chi connectivity index (χ1v) is 8.02. The lowest BCUT2D eigenvalue weighted by Crippen LogP contribution is -2.20. The lowest BCUT2D eigenvalue weighted by Gasteiger charge is -2.07. The number of carbonyl (C=O) groups is 2. The predicted octanol–water partition coefficient (Wildman–Crippen LogP) is 4.35. The van der Waals surface area contributed by atoms with E-state index in [1.54, 1.807) is 24.3 Å². The van der Waals surface area contributed by atoms with Crippen molar-refractivity contribution in [3.8, 4) is 0 Å². The third-order valence-electron chi connectivity index (χ3n) is 3.74. The molecule has 1 fully saturated rings. The zero-order valence-corrected chi connectivity index (χ0v) is 13.9. The van der Waals surface area contributed by atoms with Crippen LogP contribution in [0.3, 0.4) is 0 Å². The van der Waals surface area contributed by atoms with E-state index in [0.29, 0.717) is 27.8 Å². The quantitative estimate of drug-likeness (QED) is 0.844. The van der Waals surface area contributed by atoms with E-state index in [1.807, 2.05) is 0 Å². The van der Waals surface area contributed by atoms with Crippen LogP contribution in [-0.2, 0) is 9.59 Å². The molecule has 0 saturated heterocycles. The molecule has 2 aromatic rings. The summed E-state index contributed by atoms with van der Waals surface area (Å²) in [6.45, 7) is 0. The molecule has 0 spiro atoms. The summed E-state index contributed by atoms with van der Waals surface area (Å²) in [5.41, 5.74) is 0.890. The molecule has 0 radical (unpaired) electrons. The zero-order chi connectivity index (χ0) is 17.3. The van der Waals surface area contributed by atoms with Gasteiger partial charge in [-0.3, -0.25) is 9.59 Å². The Morgan fingerprint density at radius 1 is 0.917 bits per heavy atom. The first-order chi connectivity index (χ1) is 11.4. The molecule has 2 atom stereocenters. The number of hydrogen-bond acceptors (Lipinski definition) is 2. The summed E-state index contributed by atoms with van der Waals surface area (Å²) in [7, 11) is 0. The number of hydrogen-bond donors (Lipinski definition) is 2. The summed E-state index contributed by atoms with van der Waals surface area (Å²) < 4.78 is 13.1. The predicted molar refractivity (Wildman–Crippen MR) is 91.7 cm³/mol. The molecule has 0 aliphatic heterocycles. The minimum absolute atomic E-state index is 0.257. The van der Waals surface area contributed by atoms with Crippen molar-refractivity contribution in [3.63, 3.8) is 0 Å². The Balaban J connectivity index is 1.57. The molecule has 2 amide bonds. The molecule has 3 rings (SSSR count). The number of amides is 2. The molecule has 2 unspecified atom stereocenters.